The van der Waals surface area contributed by atoms with E-state index in [4.69, 9.17) is 5.02 Å². The average molecular weight is 216 g/mol. The van der Waals surface area contributed by atoms with Gasteiger partial charge in [0, 0.05) is 10.1 Å². The first-order chi connectivity index (χ1) is 5.95. The van der Waals surface area contributed by atoms with Crippen LogP contribution in [-0.2, 0) is 0 Å². The van der Waals surface area contributed by atoms with Crippen LogP contribution in [0.15, 0.2) is 29.2 Å². The van der Waals surface area contributed by atoms with Crippen molar-refractivity contribution in [2.45, 2.75) is 22.5 Å². The van der Waals surface area contributed by atoms with E-state index in [1.54, 1.807) is 5.56 Å². The van der Waals surface area contributed by atoms with Crippen LogP contribution in [0.4, 0.5) is 9.41 Å². The van der Waals surface area contributed by atoms with Gasteiger partial charge < -0.3 is 5.02 Å². The molecule has 1 aliphatic carbocycles. The third-order valence-corrected chi connectivity index (χ3v) is 3.78. The van der Waals surface area contributed by atoms with Crippen LogP contribution in [0.2, 0.25) is 0 Å². The maximum atomic E-state index is 6.50. The first kappa shape index (κ1) is 13.5. The van der Waals surface area contributed by atoms with Crippen molar-refractivity contribution >= 4 is 19.8 Å². The summed E-state index contributed by atoms with van der Waals surface area (Å²) in [6, 6.07) is 8.81. The lowest BCUT2D eigenvalue weighted by molar-refractivity contribution is 0.629. The Hall–Kier alpha value is -0.545. The molecule has 0 bridgehead atoms. The van der Waals surface area contributed by atoms with Gasteiger partial charge in [-0.25, -0.2) is 0 Å². The molecular weight excluding hydrogens is 205 g/mol. The summed E-state index contributed by atoms with van der Waals surface area (Å²) >= 11 is 2.07. The lowest BCUT2D eigenvalue weighted by atomic mass is 10.1. The van der Waals surface area contributed by atoms with Gasteiger partial charge in [0.1, 0.15) is 0 Å². The zero-order valence-electron chi connectivity index (χ0n) is 7.42. The van der Waals surface area contributed by atoms with Gasteiger partial charge in [0.25, 0.3) is 8.05 Å². The molecule has 0 spiro atoms. The molecule has 2 radical (unpaired) electrons. The number of hydrogen-bond acceptors (Lipinski definition) is 2. The number of halogens is 2. The molecule has 14 heavy (non-hydrogen) atoms. The van der Waals surface area contributed by atoms with Crippen molar-refractivity contribution in [2.24, 2.45) is 0 Å². The molecule has 1 aliphatic heterocycles. The molecule has 1 fully saturated rings. The SMILES string of the molecule is F.F.[B]O.c1ccc2c(c1)SC1CC21. The zero-order chi connectivity index (χ0) is 8.55. The van der Waals surface area contributed by atoms with Gasteiger partial charge in [0.15, 0.2) is 0 Å². The highest BCUT2D eigenvalue weighted by atomic mass is 32.2. The highest BCUT2D eigenvalue weighted by Crippen LogP contribution is 2.60. The minimum atomic E-state index is 0. The molecular formula is C9H11BF2OS. The Morgan fingerprint density at radius 1 is 1.21 bits per heavy atom. The van der Waals surface area contributed by atoms with Crippen LogP contribution in [0, 0.1) is 0 Å². The topological polar surface area (TPSA) is 20.2 Å². The zero-order valence-corrected chi connectivity index (χ0v) is 8.24. The van der Waals surface area contributed by atoms with E-state index in [-0.39, 0.29) is 9.41 Å². The lowest BCUT2D eigenvalue weighted by Crippen LogP contribution is -1.76. The van der Waals surface area contributed by atoms with Gasteiger partial charge >= 0.3 is 0 Å². The minimum absolute atomic E-state index is 0. The van der Waals surface area contributed by atoms with Crippen molar-refractivity contribution in [3.05, 3.63) is 29.8 Å². The van der Waals surface area contributed by atoms with Crippen LogP contribution in [0.1, 0.15) is 17.9 Å². The Kier molecular flexibility index (Phi) is 5.16. The fraction of sp³-hybridized carbons (Fsp3) is 0.333. The van der Waals surface area contributed by atoms with Gasteiger partial charge in [0.05, 0.1) is 0 Å². The molecule has 1 N–H and O–H groups in total. The summed E-state index contributed by atoms with van der Waals surface area (Å²) in [5.74, 6) is 0.932. The van der Waals surface area contributed by atoms with Gasteiger partial charge in [-0.2, -0.15) is 0 Å². The molecule has 1 aromatic rings. The van der Waals surface area contributed by atoms with Crippen molar-refractivity contribution in [2.75, 3.05) is 0 Å². The molecule has 1 nitrogen and oxygen atoms in total. The number of fused-ring (bicyclic) bond motifs is 3. The monoisotopic (exact) mass is 216 g/mol. The first-order valence-corrected chi connectivity index (χ1v) is 4.84. The Bertz CT molecular complexity index is 298. The summed E-state index contributed by atoms with van der Waals surface area (Å²) in [5, 5.41) is 7.46. The predicted molar refractivity (Wildman–Crippen MR) is 56.4 cm³/mol. The number of thioether (sulfide) groups is 1. The molecule has 3 rings (SSSR count). The number of hydrogen-bond donors (Lipinski definition) is 1. The van der Waals surface area contributed by atoms with Gasteiger partial charge in [-0.05, 0) is 24.0 Å². The molecule has 0 amide bonds. The summed E-state index contributed by atoms with van der Waals surface area (Å²) in [6.45, 7) is 0. The van der Waals surface area contributed by atoms with Crippen LogP contribution in [0.3, 0.4) is 0 Å². The van der Waals surface area contributed by atoms with E-state index in [9.17, 15) is 0 Å². The van der Waals surface area contributed by atoms with Gasteiger partial charge in [-0.15, -0.1) is 11.8 Å². The standard InChI is InChI=1S/C9H8S.BHO.2FH/c1-2-4-8-6(3-1)7-5-9(7)10-8;1-2;;/h1-4,7,9H,5H2;2H;2*1H. The van der Waals surface area contributed by atoms with Gasteiger partial charge in [-0.1, -0.05) is 18.2 Å². The molecule has 2 atom stereocenters. The fourth-order valence-electron chi connectivity index (χ4n) is 1.69. The molecule has 0 aromatic heterocycles. The molecule has 1 aromatic carbocycles. The van der Waals surface area contributed by atoms with Crippen molar-refractivity contribution in [1.29, 1.82) is 0 Å². The maximum Gasteiger partial charge on any atom is 0.277 e. The van der Waals surface area contributed by atoms with Crippen LogP contribution >= 0.6 is 11.8 Å². The van der Waals surface area contributed by atoms with Crippen molar-refractivity contribution < 1.29 is 14.4 Å². The molecule has 5 heteroatoms. The fourth-order valence-corrected chi connectivity index (χ4v) is 3.14. The second kappa shape index (κ2) is 5.36. The van der Waals surface area contributed by atoms with E-state index < -0.39 is 0 Å². The smallest absolute Gasteiger partial charge is 0.277 e. The van der Waals surface area contributed by atoms with E-state index in [1.165, 1.54) is 11.3 Å². The summed E-state index contributed by atoms with van der Waals surface area (Å²) < 4.78 is 0. The highest BCUT2D eigenvalue weighted by Gasteiger charge is 2.45. The second-order valence-corrected chi connectivity index (χ2v) is 4.32. The Morgan fingerprint density at radius 3 is 2.50 bits per heavy atom. The van der Waals surface area contributed by atoms with E-state index in [0.717, 1.165) is 11.2 Å². The molecule has 2 aliphatic rings. The highest BCUT2D eigenvalue weighted by molar-refractivity contribution is 8.00. The third kappa shape index (κ3) is 2.09. The van der Waals surface area contributed by atoms with Crippen LogP contribution in [0.25, 0.3) is 0 Å². The second-order valence-electron chi connectivity index (χ2n) is 3.04. The Morgan fingerprint density at radius 2 is 1.86 bits per heavy atom. The van der Waals surface area contributed by atoms with Crippen molar-refractivity contribution in [3.8, 4) is 0 Å². The predicted octanol–water partition coefficient (Wildman–Crippen LogP) is 2.02. The normalized spacial score (nSPS) is 24.1. The summed E-state index contributed by atoms with van der Waals surface area (Å²) in [4.78, 5) is 1.53. The lowest BCUT2D eigenvalue weighted by Gasteiger charge is -1.97. The van der Waals surface area contributed by atoms with E-state index in [1.807, 2.05) is 0 Å². The van der Waals surface area contributed by atoms with Gasteiger partial charge in [0.2, 0.25) is 0 Å². The molecule has 0 saturated heterocycles. The van der Waals surface area contributed by atoms with E-state index >= 15 is 0 Å². The van der Waals surface area contributed by atoms with E-state index in [2.05, 4.69) is 44.1 Å². The Labute approximate surface area is 87.1 Å². The summed E-state index contributed by atoms with van der Waals surface area (Å²) in [7, 11) is 3.50. The minimum Gasteiger partial charge on any atom is -0.461 e. The van der Waals surface area contributed by atoms with Crippen LogP contribution in [0.5, 0.6) is 0 Å². The van der Waals surface area contributed by atoms with Crippen LogP contribution in [-0.4, -0.2) is 18.3 Å². The maximum absolute atomic E-state index is 6.50. The average Bonchev–Trinajstić information content (AvgIpc) is 2.83. The van der Waals surface area contributed by atoms with Crippen molar-refractivity contribution in [1.82, 2.24) is 0 Å². The Balaban J connectivity index is 0.000000401. The summed E-state index contributed by atoms with van der Waals surface area (Å²) in [5.41, 5.74) is 1.61. The molecule has 1 heterocycles. The van der Waals surface area contributed by atoms with Crippen LogP contribution < -0.4 is 0 Å². The van der Waals surface area contributed by atoms with Crippen molar-refractivity contribution in [3.63, 3.8) is 0 Å². The largest absolute Gasteiger partial charge is 0.461 e. The molecule has 76 valence electrons. The summed E-state index contributed by atoms with van der Waals surface area (Å²) in [6.07, 6.45) is 1.43. The van der Waals surface area contributed by atoms with E-state index in [0.29, 0.717) is 0 Å². The number of rotatable bonds is 0. The number of benzene rings is 1. The molecule has 1 saturated carbocycles. The first-order valence-electron chi connectivity index (χ1n) is 3.96. The molecule has 2 unspecified atom stereocenters. The van der Waals surface area contributed by atoms with Gasteiger partial charge in [-0.3, -0.25) is 9.41 Å². The third-order valence-electron chi connectivity index (χ3n) is 2.33. The quantitative estimate of drug-likeness (QED) is 0.669.